The van der Waals surface area contributed by atoms with Crippen LogP contribution < -0.4 is 10.4 Å². The number of carbonyl (C=O) groups is 1. The number of carbonyl (C=O) groups excluding carboxylic acids is 1. The summed E-state index contributed by atoms with van der Waals surface area (Å²) >= 11 is 1.41. The first kappa shape index (κ1) is 18.2. The fraction of sp³-hybridized carbons (Fsp3) is 0.250. The number of fused-ring (bicyclic) bond motifs is 1. The third kappa shape index (κ3) is 4.73. The number of nitrogens with zero attached hydrogens (tertiary/aromatic N) is 1. The van der Waals surface area contributed by atoms with Crippen LogP contribution in [0.3, 0.4) is 0 Å². The van der Waals surface area contributed by atoms with E-state index in [0.717, 1.165) is 21.8 Å². The van der Waals surface area contributed by atoms with Gasteiger partial charge in [0.15, 0.2) is 11.0 Å². The molecule has 2 aromatic carbocycles. The van der Waals surface area contributed by atoms with Gasteiger partial charge in [-0.3, -0.25) is 4.79 Å². The van der Waals surface area contributed by atoms with Crippen molar-refractivity contribution in [3.05, 3.63) is 59.7 Å². The molecule has 1 amide bonds. The van der Waals surface area contributed by atoms with Crippen LogP contribution in [0.2, 0.25) is 0 Å². The van der Waals surface area contributed by atoms with Gasteiger partial charge in [0.25, 0.3) is 5.91 Å². The molecule has 0 unspecified atom stereocenters. The minimum absolute atomic E-state index is 0.126. The molecular formula is C20H23N4OS+. The number of H-pyrrole nitrogens is 2. The Morgan fingerprint density at radius 1 is 1.19 bits per heavy atom. The number of hydrogen-bond donors (Lipinski definition) is 2. The number of para-hydroxylation sites is 2. The molecule has 0 spiro atoms. The molecule has 0 aliphatic rings. The van der Waals surface area contributed by atoms with Gasteiger partial charge in [0.2, 0.25) is 0 Å². The Labute approximate surface area is 157 Å². The Bertz CT molecular complexity index is 890. The maximum atomic E-state index is 11.9. The van der Waals surface area contributed by atoms with Crippen LogP contribution in [0.4, 0.5) is 0 Å². The molecule has 5 nitrogen and oxygen atoms in total. The van der Waals surface area contributed by atoms with E-state index in [9.17, 15) is 4.79 Å². The minimum Gasteiger partial charge on any atom is -0.272 e. The van der Waals surface area contributed by atoms with E-state index in [1.54, 1.807) is 6.21 Å². The molecule has 0 saturated heterocycles. The average molecular weight is 367 g/mol. The lowest BCUT2D eigenvalue weighted by Crippen LogP contribution is -2.20. The van der Waals surface area contributed by atoms with Gasteiger partial charge < -0.3 is 0 Å². The van der Waals surface area contributed by atoms with Crippen LogP contribution in [-0.4, -0.2) is 22.9 Å². The highest BCUT2D eigenvalue weighted by molar-refractivity contribution is 7.99. The molecule has 0 radical (unpaired) electrons. The van der Waals surface area contributed by atoms with Gasteiger partial charge in [0.05, 0.1) is 12.0 Å². The summed E-state index contributed by atoms with van der Waals surface area (Å²) < 4.78 is 0. The molecule has 0 aliphatic carbocycles. The first-order chi connectivity index (χ1) is 12.4. The van der Waals surface area contributed by atoms with Crippen LogP contribution in [0.25, 0.3) is 11.0 Å². The smallest absolute Gasteiger partial charge is 0.272 e. The molecule has 0 bridgehead atoms. The van der Waals surface area contributed by atoms with Gasteiger partial charge in [0, 0.05) is 0 Å². The van der Waals surface area contributed by atoms with Crippen molar-refractivity contribution >= 4 is 34.9 Å². The van der Waals surface area contributed by atoms with E-state index in [1.807, 2.05) is 36.4 Å². The summed E-state index contributed by atoms with van der Waals surface area (Å²) in [7, 11) is 0. The molecule has 3 N–H and O–H groups in total. The topological polar surface area (TPSA) is 71.4 Å². The Morgan fingerprint density at radius 3 is 2.62 bits per heavy atom. The number of thioether (sulfide) groups is 1. The van der Waals surface area contributed by atoms with Crippen molar-refractivity contribution < 1.29 is 9.78 Å². The van der Waals surface area contributed by atoms with Crippen molar-refractivity contribution in [3.63, 3.8) is 0 Å². The summed E-state index contributed by atoms with van der Waals surface area (Å²) in [6.45, 7) is 6.54. The fourth-order valence-electron chi connectivity index (χ4n) is 2.47. The second-order valence-corrected chi connectivity index (χ2v) is 8.06. The van der Waals surface area contributed by atoms with Crippen molar-refractivity contribution in [2.75, 3.05) is 5.75 Å². The van der Waals surface area contributed by atoms with E-state index < -0.39 is 0 Å². The number of nitrogens with one attached hydrogen (secondary N) is 3. The Balaban J connectivity index is 1.49. The molecule has 26 heavy (non-hydrogen) atoms. The summed E-state index contributed by atoms with van der Waals surface area (Å²) in [5, 5.41) is 4.88. The highest BCUT2D eigenvalue weighted by atomic mass is 32.2. The van der Waals surface area contributed by atoms with Crippen molar-refractivity contribution in [3.8, 4) is 0 Å². The first-order valence-electron chi connectivity index (χ1n) is 8.47. The number of amides is 1. The number of hydrogen-bond acceptors (Lipinski definition) is 3. The standard InChI is InChI=1S/C20H22N4OS/c1-20(2,3)15-10-8-14(9-11-15)12-21-24-18(25)13-26-19-22-16-6-4-5-7-17(16)23-19/h4-12H,13H2,1-3H3,(H,22,23)(H,24,25)/p+1. The van der Waals surface area contributed by atoms with Crippen LogP contribution in [-0.2, 0) is 10.2 Å². The molecule has 1 aromatic heterocycles. The summed E-state index contributed by atoms with van der Waals surface area (Å²) in [5.74, 6) is 0.133. The van der Waals surface area contributed by atoms with E-state index in [-0.39, 0.29) is 17.1 Å². The number of aromatic amines is 2. The lowest BCUT2D eigenvalue weighted by molar-refractivity contribution is -0.396. The lowest BCUT2D eigenvalue weighted by Gasteiger charge is -2.18. The van der Waals surface area contributed by atoms with Crippen LogP contribution in [0, 0.1) is 0 Å². The van der Waals surface area contributed by atoms with Gasteiger partial charge in [-0.15, -0.1) is 0 Å². The molecule has 0 saturated carbocycles. The van der Waals surface area contributed by atoms with Crippen molar-refractivity contribution in [1.29, 1.82) is 0 Å². The molecule has 134 valence electrons. The molecule has 0 fully saturated rings. The average Bonchev–Trinajstić information content (AvgIpc) is 3.03. The van der Waals surface area contributed by atoms with Gasteiger partial charge >= 0.3 is 5.16 Å². The lowest BCUT2D eigenvalue weighted by atomic mass is 9.87. The molecular weight excluding hydrogens is 344 g/mol. The third-order valence-electron chi connectivity index (χ3n) is 3.95. The summed E-state index contributed by atoms with van der Waals surface area (Å²) in [4.78, 5) is 18.4. The summed E-state index contributed by atoms with van der Waals surface area (Å²) in [6.07, 6.45) is 1.66. The molecule has 0 atom stereocenters. The quantitative estimate of drug-likeness (QED) is 0.411. The van der Waals surface area contributed by atoms with Crippen LogP contribution in [0.5, 0.6) is 0 Å². The summed E-state index contributed by atoms with van der Waals surface area (Å²) in [6, 6.07) is 16.1. The first-order valence-corrected chi connectivity index (χ1v) is 9.46. The van der Waals surface area contributed by atoms with Gasteiger partial charge in [-0.05, 0) is 40.4 Å². The predicted octanol–water partition coefficient (Wildman–Crippen LogP) is 3.52. The van der Waals surface area contributed by atoms with E-state index in [2.05, 4.69) is 53.4 Å². The minimum atomic E-state index is -0.149. The Kier molecular flexibility index (Phi) is 5.42. The number of aromatic nitrogens is 2. The second kappa shape index (κ2) is 7.74. The Morgan fingerprint density at radius 2 is 1.92 bits per heavy atom. The summed E-state index contributed by atoms with van der Waals surface area (Å²) in [5.41, 5.74) is 6.95. The molecule has 1 heterocycles. The van der Waals surface area contributed by atoms with Gasteiger partial charge in [-0.1, -0.05) is 57.2 Å². The van der Waals surface area contributed by atoms with E-state index in [1.165, 1.54) is 17.3 Å². The third-order valence-corrected chi connectivity index (χ3v) is 4.85. The zero-order chi connectivity index (χ0) is 18.6. The second-order valence-electron chi connectivity index (χ2n) is 7.08. The van der Waals surface area contributed by atoms with Crippen LogP contribution in [0.1, 0.15) is 31.9 Å². The fourth-order valence-corrected chi connectivity index (χ4v) is 3.17. The number of benzene rings is 2. The molecule has 3 aromatic rings. The van der Waals surface area contributed by atoms with Crippen molar-refractivity contribution in [1.82, 2.24) is 10.4 Å². The number of hydrazone groups is 1. The maximum absolute atomic E-state index is 11.9. The van der Waals surface area contributed by atoms with E-state index in [0.29, 0.717) is 0 Å². The largest absolute Gasteiger partial charge is 0.315 e. The number of rotatable bonds is 5. The predicted molar refractivity (Wildman–Crippen MR) is 106 cm³/mol. The zero-order valence-corrected chi connectivity index (χ0v) is 16.0. The van der Waals surface area contributed by atoms with Gasteiger partial charge in [-0.25, -0.2) is 15.4 Å². The van der Waals surface area contributed by atoms with Gasteiger partial charge in [0.1, 0.15) is 0 Å². The maximum Gasteiger partial charge on any atom is 0.315 e. The van der Waals surface area contributed by atoms with Crippen LogP contribution in [0.15, 0.2) is 58.8 Å². The normalized spacial score (nSPS) is 12.0. The molecule has 0 aliphatic heterocycles. The van der Waals surface area contributed by atoms with Gasteiger partial charge in [-0.2, -0.15) is 5.10 Å². The zero-order valence-electron chi connectivity index (χ0n) is 15.2. The monoisotopic (exact) mass is 367 g/mol. The Hall–Kier alpha value is -2.60. The van der Waals surface area contributed by atoms with E-state index in [4.69, 9.17) is 0 Å². The number of imidazole rings is 1. The van der Waals surface area contributed by atoms with Crippen LogP contribution >= 0.6 is 11.8 Å². The molecule has 3 rings (SSSR count). The van der Waals surface area contributed by atoms with E-state index >= 15 is 0 Å². The van der Waals surface area contributed by atoms with Crippen molar-refractivity contribution in [2.45, 2.75) is 31.3 Å². The SMILES string of the molecule is CC(C)(C)c1ccc(C=NNC(=O)CSc2[nH]c3ccccc3[nH+]2)cc1. The highest BCUT2D eigenvalue weighted by Crippen LogP contribution is 2.21. The molecule has 6 heteroatoms. The highest BCUT2D eigenvalue weighted by Gasteiger charge is 2.13. The van der Waals surface area contributed by atoms with Crippen molar-refractivity contribution in [2.24, 2.45) is 5.10 Å².